The molecule has 0 atom stereocenters. The molecule has 0 saturated carbocycles. The maximum atomic E-state index is 5.72. The fraction of sp³-hybridized carbons (Fsp3) is 0.538. The number of hydrogen-bond donors (Lipinski definition) is 2. The summed E-state index contributed by atoms with van der Waals surface area (Å²) in [6, 6.07) is 5.98. The molecule has 0 radical (unpaired) electrons. The minimum atomic E-state index is 0.820. The standard InChI is InChI=1S/C13H22IN3/c1-3-8-17(4-2)9-7-16-13-6-5-11(15)10-12(13)14/h5-6,10,16H,3-4,7-9,15H2,1-2H3. The second-order valence-corrected chi connectivity index (χ2v) is 5.26. The van der Waals surface area contributed by atoms with E-state index in [0.717, 1.165) is 25.3 Å². The number of nitrogens with one attached hydrogen (secondary N) is 1. The molecule has 0 spiro atoms. The van der Waals surface area contributed by atoms with Gasteiger partial charge in [0.2, 0.25) is 0 Å². The summed E-state index contributed by atoms with van der Waals surface area (Å²) in [6.07, 6.45) is 1.22. The van der Waals surface area contributed by atoms with Crippen LogP contribution >= 0.6 is 22.6 Å². The van der Waals surface area contributed by atoms with Crippen LogP contribution in [0, 0.1) is 3.57 Å². The SMILES string of the molecule is CCCN(CC)CCNc1ccc(N)cc1I. The molecule has 0 aromatic heterocycles. The predicted molar refractivity (Wildman–Crippen MR) is 84.5 cm³/mol. The minimum Gasteiger partial charge on any atom is -0.399 e. The van der Waals surface area contributed by atoms with E-state index in [4.69, 9.17) is 5.73 Å². The topological polar surface area (TPSA) is 41.3 Å². The quantitative estimate of drug-likeness (QED) is 0.589. The predicted octanol–water partition coefficient (Wildman–Crippen LogP) is 3.02. The van der Waals surface area contributed by atoms with Crippen LogP contribution in [0.2, 0.25) is 0 Å². The highest BCUT2D eigenvalue weighted by Gasteiger charge is 2.02. The number of nitrogen functional groups attached to an aromatic ring is 1. The molecule has 0 bridgehead atoms. The van der Waals surface area contributed by atoms with E-state index >= 15 is 0 Å². The third-order valence-electron chi connectivity index (χ3n) is 2.72. The van der Waals surface area contributed by atoms with Crippen molar-refractivity contribution in [1.29, 1.82) is 0 Å². The molecule has 1 aromatic carbocycles. The minimum absolute atomic E-state index is 0.820. The monoisotopic (exact) mass is 347 g/mol. The molecule has 0 fully saturated rings. The highest BCUT2D eigenvalue weighted by Crippen LogP contribution is 2.20. The number of benzene rings is 1. The summed E-state index contributed by atoms with van der Waals surface area (Å²) < 4.78 is 1.18. The highest BCUT2D eigenvalue weighted by atomic mass is 127. The molecule has 0 amide bonds. The molecule has 96 valence electrons. The summed E-state index contributed by atoms with van der Waals surface area (Å²) in [5.74, 6) is 0. The third-order valence-corrected chi connectivity index (χ3v) is 3.62. The van der Waals surface area contributed by atoms with Gasteiger partial charge in [0.1, 0.15) is 0 Å². The van der Waals surface area contributed by atoms with Crippen molar-refractivity contribution in [3.05, 3.63) is 21.8 Å². The lowest BCUT2D eigenvalue weighted by atomic mass is 10.3. The van der Waals surface area contributed by atoms with Gasteiger partial charge >= 0.3 is 0 Å². The van der Waals surface area contributed by atoms with Crippen molar-refractivity contribution < 1.29 is 0 Å². The van der Waals surface area contributed by atoms with E-state index in [-0.39, 0.29) is 0 Å². The Morgan fingerprint density at radius 1 is 1.29 bits per heavy atom. The smallest absolute Gasteiger partial charge is 0.0477 e. The first-order chi connectivity index (χ1) is 8.17. The first kappa shape index (κ1) is 14.6. The average molecular weight is 347 g/mol. The van der Waals surface area contributed by atoms with Gasteiger partial charge in [-0.2, -0.15) is 0 Å². The summed E-state index contributed by atoms with van der Waals surface area (Å²) in [4.78, 5) is 2.46. The van der Waals surface area contributed by atoms with Gasteiger partial charge in [-0.3, -0.25) is 0 Å². The van der Waals surface area contributed by atoms with E-state index in [0.29, 0.717) is 0 Å². The Hall–Kier alpha value is -0.490. The number of hydrogen-bond acceptors (Lipinski definition) is 3. The Kier molecular flexibility index (Phi) is 6.65. The summed E-state index contributed by atoms with van der Waals surface area (Å²) in [5.41, 5.74) is 7.72. The Morgan fingerprint density at radius 3 is 2.65 bits per heavy atom. The molecule has 4 heteroatoms. The van der Waals surface area contributed by atoms with Gasteiger partial charge in [-0.05, 0) is 60.3 Å². The van der Waals surface area contributed by atoms with E-state index in [2.05, 4.69) is 46.7 Å². The van der Waals surface area contributed by atoms with Gasteiger partial charge < -0.3 is 16.0 Å². The molecule has 0 aliphatic heterocycles. The van der Waals surface area contributed by atoms with Gasteiger partial charge in [0.25, 0.3) is 0 Å². The third kappa shape index (κ3) is 5.12. The van der Waals surface area contributed by atoms with Crippen molar-refractivity contribution in [2.75, 3.05) is 37.2 Å². The van der Waals surface area contributed by atoms with Crippen LogP contribution in [0.1, 0.15) is 20.3 Å². The van der Waals surface area contributed by atoms with Gasteiger partial charge in [-0.1, -0.05) is 13.8 Å². The van der Waals surface area contributed by atoms with Crippen LogP contribution < -0.4 is 11.1 Å². The van der Waals surface area contributed by atoms with Crippen LogP contribution in [0.3, 0.4) is 0 Å². The maximum absolute atomic E-state index is 5.72. The molecule has 1 rings (SSSR count). The normalized spacial score (nSPS) is 10.8. The number of anilines is 2. The Balaban J connectivity index is 2.39. The van der Waals surface area contributed by atoms with Crippen LogP contribution in [-0.4, -0.2) is 31.1 Å². The molecule has 0 aliphatic carbocycles. The number of rotatable bonds is 7. The summed E-state index contributed by atoms with van der Waals surface area (Å²) in [7, 11) is 0. The van der Waals surface area contributed by atoms with Crippen molar-refractivity contribution in [3.8, 4) is 0 Å². The second kappa shape index (κ2) is 7.76. The van der Waals surface area contributed by atoms with Gasteiger partial charge in [0, 0.05) is 28.0 Å². The van der Waals surface area contributed by atoms with Crippen LogP contribution in [0.15, 0.2) is 18.2 Å². The van der Waals surface area contributed by atoms with Crippen molar-refractivity contribution in [3.63, 3.8) is 0 Å². The van der Waals surface area contributed by atoms with Gasteiger partial charge in [0.15, 0.2) is 0 Å². The largest absolute Gasteiger partial charge is 0.399 e. The molecule has 3 nitrogen and oxygen atoms in total. The molecule has 0 unspecified atom stereocenters. The van der Waals surface area contributed by atoms with Crippen LogP contribution in [0.4, 0.5) is 11.4 Å². The van der Waals surface area contributed by atoms with E-state index in [1.54, 1.807) is 0 Å². The molecular weight excluding hydrogens is 325 g/mol. The van der Waals surface area contributed by atoms with Crippen molar-refractivity contribution in [2.24, 2.45) is 0 Å². The number of nitrogens with two attached hydrogens (primary N) is 1. The fourth-order valence-electron chi connectivity index (χ4n) is 1.77. The van der Waals surface area contributed by atoms with Gasteiger partial charge in [-0.15, -0.1) is 0 Å². The lowest BCUT2D eigenvalue weighted by Crippen LogP contribution is -2.29. The number of nitrogens with zero attached hydrogens (tertiary/aromatic N) is 1. The second-order valence-electron chi connectivity index (χ2n) is 4.10. The zero-order chi connectivity index (χ0) is 12.7. The highest BCUT2D eigenvalue weighted by molar-refractivity contribution is 14.1. The summed E-state index contributed by atoms with van der Waals surface area (Å²) in [6.45, 7) is 8.80. The zero-order valence-corrected chi connectivity index (χ0v) is 12.8. The molecular formula is C13H22IN3. The molecule has 1 aromatic rings. The summed E-state index contributed by atoms with van der Waals surface area (Å²) in [5, 5.41) is 3.46. The molecule has 17 heavy (non-hydrogen) atoms. The lowest BCUT2D eigenvalue weighted by Gasteiger charge is -2.20. The van der Waals surface area contributed by atoms with Crippen molar-refractivity contribution in [1.82, 2.24) is 4.90 Å². The maximum Gasteiger partial charge on any atom is 0.0477 e. The first-order valence-electron chi connectivity index (χ1n) is 6.18. The van der Waals surface area contributed by atoms with Crippen LogP contribution in [0.5, 0.6) is 0 Å². The lowest BCUT2D eigenvalue weighted by molar-refractivity contribution is 0.300. The zero-order valence-electron chi connectivity index (χ0n) is 10.7. The Morgan fingerprint density at radius 2 is 2.06 bits per heavy atom. The Bertz CT molecular complexity index is 341. The molecule has 0 saturated heterocycles. The Labute approximate surface area is 118 Å². The van der Waals surface area contributed by atoms with Gasteiger partial charge in [0.05, 0.1) is 0 Å². The van der Waals surface area contributed by atoms with Crippen molar-refractivity contribution in [2.45, 2.75) is 20.3 Å². The van der Waals surface area contributed by atoms with Crippen LogP contribution in [-0.2, 0) is 0 Å². The van der Waals surface area contributed by atoms with E-state index in [1.165, 1.54) is 22.2 Å². The molecule has 0 heterocycles. The van der Waals surface area contributed by atoms with Crippen molar-refractivity contribution >= 4 is 34.0 Å². The number of likely N-dealkylation sites (N-methyl/N-ethyl adjacent to an activating group) is 1. The van der Waals surface area contributed by atoms with Crippen LogP contribution in [0.25, 0.3) is 0 Å². The number of halogens is 1. The fourth-order valence-corrected chi connectivity index (χ4v) is 2.50. The summed E-state index contributed by atoms with van der Waals surface area (Å²) >= 11 is 2.31. The van der Waals surface area contributed by atoms with E-state index in [9.17, 15) is 0 Å². The van der Waals surface area contributed by atoms with E-state index < -0.39 is 0 Å². The average Bonchev–Trinajstić information content (AvgIpc) is 2.30. The van der Waals surface area contributed by atoms with Gasteiger partial charge in [-0.25, -0.2) is 0 Å². The van der Waals surface area contributed by atoms with E-state index in [1.807, 2.05) is 18.2 Å². The first-order valence-corrected chi connectivity index (χ1v) is 7.26. The molecule has 3 N–H and O–H groups in total. The molecule has 0 aliphatic rings.